The van der Waals surface area contributed by atoms with Gasteiger partial charge >= 0.3 is 6.03 Å². The predicted molar refractivity (Wildman–Crippen MR) is 127 cm³/mol. The molecule has 0 aromatic heterocycles. The second-order valence-electron chi connectivity index (χ2n) is 8.34. The molecule has 8 nitrogen and oxygen atoms in total. The first-order valence-corrected chi connectivity index (χ1v) is 12.1. The zero-order chi connectivity index (χ0) is 23.0. The summed E-state index contributed by atoms with van der Waals surface area (Å²) in [5.41, 5.74) is 4.22. The van der Waals surface area contributed by atoms with Gasteiger partial charge in [-0.1, -0.05) is 12.2 Å². The molecular weight excluding hydrogens is 436 g/mol. The number of nitrogens with one attached hydrogen (secondary N) is 3. The highest BCUT2D eigenvalue weighted by atomic mass is 32.2. The van der Waals surface area contributed by atoms with E-state index in [2.05, 4.69) is 16.0 Å². The number of aryl methyl sites for hydroxylation is 1. The number of allylic oxidation sites excluding steroid dienone is 1. The largest absolute Gasteiger partial charge is 0.383 e. The van der Waals surface area contributed by atoms with E-state index in [1.807, 2.05) is 6.07 Å². The summed E-state index contributed by atoms with van der Waals surface area (Å²) >= 11 is 5.05. The van der Waals surface area contributed by atoms with Crippen molar-refractivity contribution in [1.82, 2.24) is 10.6 Å². The molecular formula is C21H28N4O4S2. The molecule has 0 aliphatic heterocycles. The van der Waals surface area contributed by atoms with Crippen LogP contribution in [0.2, 0.25) is 0 Å². The molecule has 2 aliphatic carbocycles. The van der Waals surface area contributed by atoms with Crippen LogP contribution >= 0.6 is 12.2 Å². The first-order chi connectivity index (χ1) is 14.4. The van der Waals surface area contributed by atoms with E-state index in [-0.39, 0.29) is 15.7 Å². The van der Waals surface area contributed by atoms with Crippen molar-refractivity contribution in [3.63, 3.8) is 0 Å². The molecule has 0 spiro atoms. The van der Waals surface area contributed by atoms with Gasteiger partial charge < -0.3 is 21.1 Å². The van der Waals surface area contributed by atoms with Crippen molar-refractivity contribution in [3.8, 4) is 0 Å². The van der Waals surface area contributed by atoms with Crippen molar-refractivity contribution < 1.29 is 18.9 Å². The Hall–Kier alpha value is -2.27. The minimum Gasteiger partial charge on any atom is -0.383 e. The lowest BCUT2D eigenvalue weighted by atomic mass is 9.98. The molecule has 0 heterocycles. The van der Waals surface area contributed by atoms with Crippen LogP contribution in [0.25, 0.3) is 0 Å². The number of Topliss-reactive ketones (excluding diaryl/α,β-unsaturated/α-hetero) is 1. The minimum absolute atomic E-state index is 0.0990. The highest BCUT2D eigenvalue weighted by molar-refractivity contribution is 8.02. The van der Waals surface area contributed by atoms with Crippen LogP contribution in [0.4, 0.5) is 10.5 Å². The number of ketones is 1. The Kier molecular flexibility index (Phi) is 6.56. The molecule has 168 valence electrons. The van der Waals surface area contributed by atoms with Crippen LogP contribution in [-0.4, -0.2) is 37.2 Å². The maximum Gasteiger partial charge on any atom is 0.323 e. The SMILES string of the molecule is C/C(=C\NC(=S)C(C)(C)O)S(N)(=O)=CNC(=O)Nc1c2c(cc3c1CCC3=O)CCC2. The van der Waals surface area contributed by atoms with E-state index < -0.39 is 21.3 Å². The zero-order valence-electron chi connectivity index (χ0n) is 17.8. The number of nitrogens with two attached hydrogens (primary N) is 1. The number of anilines is 1. The number of carbonyl (C=O) groups excluding carboxylic acids is 2. The first-order valence-electron chi connectivity index (χ1n) is 10.0. The van der Waals surface area contributed by atoms with Gasteiger partial charge in [0.2, 0.25) is 0 Å². The van der Waals surface area contributed by atoms with Crippen LogP contribution in [0.15, 0.2) is 17.2 Å². The van der Waals surface area contributed by atoms with Gasteiger partial charge in [-0.3, -0.25) is 9.93 Å². The number of carbonyl (C=O) groups is 2. The molecule has 10 heteroatoms. The van der Waals surface area contributed by atoms with Gasteiger partial charge in [-0.15, -0.1) is 0 Å². The molecule has 1 aromatic rings. The van der Waals surface area contributed by atoms with Gasteiger partial charge in [-0.25, -0.2) is 9.00 Å². The van der Waals surface area contributed by atoms with E-state index >= 15 is 0 Å². The molecule has 1 aromatic carbocycles. The molecule has 0 fully saturated rings. The summed E-state index contributed by atoms with van der Waals surface area (Å²) in [6.45, 7) is 4.57. The summed E-state index contributed by atoms with van der Waals surface area (Å²) in [4.78, 5) is 25.1. The Morgan fingerprint density at radius 1 is 1.23 bits per heavy atom. The maximum atomic E-state index is 12.7. The second kappa shape index (κ2) is 8.70. The van der Waals surface area contributed by atoms with Crippen molar-refractivity contribution in [3.05, 3.63) is 39.4 Å². The van der Waals surface area contributed by atoms with Gasteiger partial charge in [0.1, 0.15) is 10.6 Å². The number of thiocarbonyl (C=S) groups is 1. The number of hydrogen-bond donors (Lipinski definition) is 5. The minimum atomic E-state index is -3.16. The summed E-state index contributed by atoms with van der Waals surface area (Å²) in [6, 6.07) is 1.39. The van der Waals surface area contributed by atoms with Crippen molar-refractivity contribution >= 4 is 49.9 Å². The average Bonchev–Trinajstić information content (AvgIpc) is 3.30. The van der Waals surface area contributed by atoms with E-state index in [1.165, 1.54) is 27.0 Å². The Balaban J connectivity index is 1.75. The molecule has 0 radical (unpaired) electrons. The fourth-order valence-corrected chi connectivity index (χ4v) is 4.41. The summed E-state index contributed by atoms with van der Waals surface area (Å²) in [7, 11) is -3.16. The third kappa shape index (κ3) is 5.15. The first kappa shape index (κ1) is 23.4. The lowest BCUT2D eigenvalue weighted by Gasteiger charge is -2.18. The Morgan fingerprint density at radius 2 is 1.94 bits per heavy atom. The molecule has 2 aliphatic rings. The molecule has 31 heavy (non-hydrogen) atoms. The molecule has 6 N–H and O–H groups in total. The van der Waals surface area contributed by atoms with Crippen molar-refractivity contribution in [2.45, 2.75) is 58.5 Å². The normalized spacial score (nSPS) is 17.5. The number of amides is 2. The lowest BCUT2D eigenvalue weighted by Crippen LogP contribution is -2.38. The van der Waals surface area contributed by atoms with Crippen LogP contribution in [0, 0.1) is 0 Å². The van der Waals surface area contributed by atoms with Crippen LogP contribution in [0.1, 0.15) is 60.7 Å². The summed E-state index contributed by atoms with van der Waals surface area (Å²) in [6.07, 6.45) is 5.11. The smallest absolute Gasteiger partial charge is 0.323 e. The van der Waals surface area contributed by atoms with Gasteiger partial charge in [0, 0.05) is 28.8 Å². The number of rotatable bonds is 5. The topological polar surface area (TPSA) is 134 Å². The maximum absolute atomic E-state index is 12.7. The molecule has 2 amide bonds. The molecule has 0 saturated heterocycles. The molecule has 1 unspecified atom stereocenters. The molecule has 0 bridgehead atoms. The number of hydrogen-bond acceptors (Lipinski definition) is 5. The van der Waals surface area contributed by atoms with Gasteiger partial charge in [0.15, 0.2) is 5.78 Å². The van der Waals surface area contributed by atoms with E-state index in [0.717, 1.165) is 41.4 Å². The van der Waals surface area contributed by atoms with Gasteiger partial charge in [0.25, 0.3) is 0 Å². The van der Waals surface area contributed by atoms with Gasteiger partial charge in [-0.05, 0) is 69.2 Å². The van der Waals surface area contributed by atoms with E-state index in [0.29, 0.717) is 24.1 Å². The van der Waals surface area contributed by atoms with E-state index in [1.54, 1.807) is 0 Å². The van der Waals surface area contributed by atoms with E-state index in [4.69, 9.17) is 17.4 Å². The average molecular weight is 465 g/mol. The van der Waals surface area contributed by atoms with Crippen LogP contribution in [-0.2, 0) is 29.0 Å². The van der Waals surface area contributed by atoms with Crippen LogP contribution < -0.4 is 21.1 Å². The number of urea groups is 1. The predicted octanol–water partition coefficient (Wildman–Crippen LogP) is 1.89. The standard InChI is InChI=1S/C21H28N4O4S2/c1-12(10-23-19(30)21(2,3)28)31(22,29)11-24-20(27)25-18-14-6-4-5-13(14)9-16-15(18)7-8-17(16)26/h9-11,28H,4-8H2,1-3H3,(H2,22,29)(H,23,30)(H2,24,25,27)/b12-10+. The van der Waals surface area contributed by atoms with Gasteiger partial charge in [-0.2, -0.15) is 0 Å². The highest BCUT2D eigenvalue weighted by Crippen LogP contribution is 2.38. The quantitative estimate of drug-likeness (QED) is 0.423. The monoisotopic (exact) mass is 464 g/mol. The number of fused-ring (bicyclic) bond motifs is 2. The Bertz CT molecular complexity index is 1110. The lowest BCUT2D eigenvalue weighted by molar-refractivity contribution is 0.0994. The third-order valence-electron chi connectivity index (χ3n) is 5.48. The number of aliphatic hydroxyl groups is 1. The van der Waals surface area contributed by atoms with Crippen LogP contribution in [0.3, 0.4) is 0 Å². The third-order valence-corrected chi connectivity index (χ3v) is 7.69. The second-order valence-corrected chi connectivity index (χ2v) is 10.9. The Labute approximate surface area is 187 Å². The summed E-state index contributed by atoms with van der Waals surface area (Å²) in [5, 5.41) is 23.7. The van der Waals surface area contributed by atoms with Crippen molar-refractivity contribution in [2.75, 3.05) is 5.32 Å². The molecule has 1 atom stereocenters. The van der Waals surface area contributed by atoms with E-state index in [9.17, 15) is 18.9 Å². The molecule has 3 rings (SSSR count). The fraction of sp³-hybridized carbons (Fsp3) is 0.429. The fourth-order valence-electron chi connectivity index (χ4n) is 3.64. The Morgan fingerprint density at radius 3 is 2.61 bits per heavy atom. The van der Waals surface area contributed by atoms with Crippen LogP contribution in [0.5, 0.6) is 0 Å². The summed E-state index contributed by atoms with van der Waals surface area (Å²) < 4.78 is 12.7. The zero-order valence-corrected chi connectivity index (χ0v) is 19.5. The summed E-state index contributed by atoms with van der Waals surface area (Å²) in [5.74, 6) is 0.0990. The van der Waals surface area contributed by atoms with Gasteiger partial charge in [0.05, 0.1) is 15.2 Å². The van der Waals surface area contributed by atoms with Crippen molar-refractivity contribution in [1.29, 1.82) is 0 Å². The highest BCUT2D eigenvalue weighted by Gasteiger charge is 2.29. The molecule has 0 saturated carbocycles. The van der Waals surface area contributed by atoms with Crippen molar-refractivity contribution in [2.24, 2.45) is 5.14 Å². The number of benzene rings is 1.